The van der Waals surface area contributed by atoms with Crippen molar-refractivity contribution < 1.29 is 0 Å². The van der Waals surface area contributed by atoms with Crippen LogP contribution in [0.15, 0.2) is 12.3 Å². The molecule has 1 aromatic heterocycles. The number of nitrogens with one attached hydrogen (secondary N) is 1. The number of nitrogens with zero attached hydrogens (tertiary/aromatic N) is 2. The smallest absolute Gasteiger partial charge is 0.223 e. The SMILES string of the molecule is NC(=S)c1ccnc(NCC2CCCC2)n1. The summed E-state index contributed by atoms with van der Waals surface area (Å²) in [5.41, 5.74) is 6.14. The van der Waals surface area contributed by atoms with Gasteiger partial charge in [-0.1, -0.05) is 25.1 Å². The van der Waals surface area contributed by atoms with Gasteiger partial charge in [0.2, 0.25) is 5.95 Å². The monoisotopic (exact) mass is 236 g/mol. The van der Waals surface area contributed by atoms with E-state index < -0.39 is 0 Å². The summed E-state index contributed by atoms with van der Waals surface area (Å²) in [5, 5.41) is 3.24. The Morgan fingerprint density at radius 1 is 1.50 bits per heavy atom. The number of hydrogen-bond donors (Lipinski definition) is 2. The molecule has 1 heterocycles. The van der Waals surface area contributed by atoms with Crippen molar-refractivity contribution in [3.63, 3.8) is 0 Å². The molecular weight excluding hydrogens is 220 g/mol. The van der Waals surface area contributed by atoms with Gasteiger partial charge in [0.25, 0.3) is 0 Å². The summed E-state index contributed by atoms with van der Waals surface area (Å²) >= 11 is 4.87. The van der Waals surface area contributed by atoms with Gasteiger partial charge in [-0.3, -0.25) is 0 Å². The van der Waals surface area contributed by atoms with Crippen LogP contribution in [-0.4, -0.2) is 21.5 Å². The molecule has 1 fully saturated rings. The van der Waals surface area contributed by atoms with E-state index in [4.69, 9.17) is 18.0 Å². The number of nitrogens with two attached hydrogens (primary N) is 1. The summed E-state index contributed by atoms with van der Waals surface area (Å²) in [7, 11) is 0. The largest absolute Gasteiger partial charge is 0.388 e. The molecule has 0 saturated heterocycles. The lowest BCUT2D eigenvalue weighted by Crippen LogP contribution is -2.16. The van der Waals surface area contributed by atoms with Crippen molar-refractivity contribution in [2.45, 2.75) is 25.7 Å². The molecule has 5 heteroatoms. The molecule has 1 aromatic rings. The average Bonchev–Trinajstić information content (AvgIpc) is 2.79. The van der Waals surface area contributed by atoms with Gasteiger partial charge in [-0.2, -0.15) is 0 Å². The molecule has 16 heavy (non-hydrogen) atoms. The fourth-order valence-electron chi connectivity index (χ4n) is 2.03. The van der Waals surface area contributed by atoms with E-state index in [0.717, 1.165) is 12.5 Å². The lowest BCUT2D eigenvalue weighted by Gasteiger charge is -2.10. The zero-order valence-electron chi connectivity index (χ0n) is 9.15. The fraction of sp³-hybridized carbons (Fsp3) is 0.545. The van der Waals surface area contributed by atoms with Gasteiger partial charge in [-0.25, -0.2) is 9.97 Å². The van der Waals surface area contributed by atoms with Crippen LogP contribution in [0.2, 0.25) is 0 Å². The standard InChI is InChI=1S/C11H16N4S/c12-10(16)9-5-6-13-11(15-9)14-7-8-3-1-2-4-8/h5-6,8H,1-4,7H2,(H2,12,16)(H,13,14,15). The van der Waals surface area contributed by atoms with E-state index in [-0.39, 0.29) is 0 Å². The molecule has 0 spiro atoms. The predicted molar refractivity (Wildman–Crippen MR) is 68.4 cm³/mol. The molecule has 0 amide bonds. The van der Waals surface area contributed by atoms with Crippen LogP contribution in [0.5, 0.6) is 0 Å². The van der Waals surface area contributed by atoms with Crippen LogP contribution in [0.25, 0.3) is 0 Å². The predicted octanol–water partition coefficient (Wildman–Crippen LogP) is 1.71. The van der Waals surface area contributed by atoms with Crippen LogP contribution < -0.4 is 11.1 Å². The quantitative estimate of drug-likeness (QED) is 0.779. The third kappa shape index (κ3) is 2.88. The zero-order chi connectivity index (χ0) is 11.4. The highest BCUT2D eigenvalue weighted by molar-refractivity contribution is 7.80. The average molecular weight is 236 g/mol. The summed E-state index contributed by atoms with van der Waals surface area (Å²) in [5.74, 6) is 1.38. The molecule has 0 atom stereocenters. The Morgan fingerprint density at radius 3 is 2.94 bits per heavy atom. The second-order valence-corrected chi connectivity index (χ2v) is 4.60. The topological polar surface area (TPSA) is 63.8 Å². The van der Waals surface area contributed by atoms with E-state index in [9.17, 15) is 0 Å². The molecule has 1 aliphatic rings. The number of anilines is 1. The summed E-state index contributed by atoms with van der Waals surface area (Å²) in [4.78, 5) is 8.70. The first-order valence-electron chi connectivity index (χ1n) is 5.62. The van der Waals surface area contributed by atoms with Gasteiger partial charge in [-0.05, 0) is 24.8 Å². The van der Waals surface area contributed by atoms with Crippen molar-refractivity contribution in [2.24, 2.45) is 11.7 Å². The minimum Gasteiger partial charge on any atom is -0.388 e. The van der Waals surface area contributed by atoms with Crippen molar-refractivity contribution in [1.29, 1.82) is 0 Å². The van der Waals surface area contributed by atoms with Crippen molar-refractivity contribution in [3.8, 4) is 0 Å². The maximum atomic E-state index is 5.51. The second-order valence-electron chi connectivity index (χ2n) is 4.16. The summed E-state index contributed by atoms with van der Waals surface area (Å²) < 4.78 is 0. The third-order valence-corrected chi connectivity index (χ3v) is 3.14. The van der Waals surface area contributed by atoms with Crippen molar-refractivity contribution in [2.75, 3.05) is 11.9 Å². The van der Waals surface area contributed by atoms with E-state index in [1.54, 1.807) is 12.3 Å². The van der Waals surface area contributed by atoms with Gasteiger partial charge in [0.05, 0.1) is 0 Å². The van der Waals surface area contributed by atoms with Crippen LogP contribution in [0, 0.1) is 5.92 Å². The molecule has 1 aliphatic carbocycles. The number of hydrogen-bond acceptors (Lipinski definition) is 4. The van der Waals surface area contributed by atoms with E-state index in [0.29, 0.717) is 16.6 Å². The highest BCUT2D eigenvalue weighted by Gasteiger charge is 2.14. The van der Waals surface area contributed by atoms with Crippen LogP contribution in [0.1, 0.15) is 31.4 Å². The highest BCUT2D eigenvalue weighted by Crippen LogP contribution is 2.24. The summed E-state index contributed by atoms with van der Waals surface area (Å²) in [6, 6.07) is 1.73. The van der Waals surface area contributed by atoms with Gasteiger partial charge in [0, 0.05) is 12.7 Å². The molecular formula is C11H16N4S. The molecule has 0 aromatic carbocycles. The van der Waals surface area contributed by atoms with E-state index >= 15 is 0 Å². The molecule has 3 N–H and O–H groups in total. The molecule has 86 valence electrons. The Kier molecular flexibility index (Phi) is 3.66. The first-order valence-corrected chi connectivity index (χ1v) is 6.03. The van der Waals surface area contributed by atoms with Crippen molar-refractivity contribution in [1.82, 2.24) is 9.97 Å². The van der Waals surface area contributed by atoms with Crippen LogP contribution >= 0.6 is 12.2 Å². The molecule has 0 aliphatic heterocycles. The molecule has 4 nitrogen and oxygen atoms in total. The maximum absolute atomic E-state index is 5.51. The number of aromatic nitrogens is 2. The summed E-state index contributed by atoms with van der Waals surface area (Å²) in [6.07, 6.45) is 6.99. The highest BCUT2D eigenvalue weighted by atomic mass is 32.1. The van der Waals surface area contributed by atoms with Crippen LogP contribution in [-0.2, 0) is 0 Å². The Bertz CT molecular complexity index is 374. The van der Waals surface area contributed by atoms with Crippen LogP contribution in [0.4, 0.5) is 5.95 Å². The maximum Gasteiger partial charge on any atom is 0.223 e. The molecule has 0 unspecified atom stereocenters. The van der Waals surface area contributed by atoms with Gasteiger partial charge in [0.15, 0.2) is 0 Å². The van der Waals surface area contributed by atoms with Gasteiger partial charge >= 0.3 is 0 Å². The molecule has 0 radical (unpaired) electrons. The minimum absolute atomic E-state index is 0.311. The van der Waals surface area contributed by atoms with E-state index in [2.05, 4.69) is 15.3 Å². The molecule has 2 rings (SSSR count). The Hall–Kier alpha value is -1.23. The third-order valence-electron chi connectivity index (χ3n) is 2.93. The first kappa shape index (κ1) is 11.3. The van der Waals surface area contributed by atoms with E-state index in [1.807, 2.05) is 0 Å². The van der Waals surface area contributed by atoms with E-state index in [1.165, 1.54) is 25.7 Å². The zero-order valence-corrected chi connectivity index (χ0v) is 9.96. The lowest BCUT2D eigenvalue weighted by atomic mass is 10.1. The van der Waals surface area contributed by atoms with Gasteiger partial charge in [0.1, 0.15) is 10.7 Å². The Labute approximate surface area is 101 Å². The van der Waals surface area contributed by atoms with Crippen molar-refractivity contribution >= 4 is 23.2 Å². The van der Waals surface area contributed by atoms with Gasteiger partial charge in [-0.15, -0.1) is 0 Å². The molecule has 1 saturated carbocycles. The number of rotatable bonds is 4. The second kappa shape index (κ2) is 5.21. The Morgan fingerprint density at radius 2 is 2.25 bits per heavy atom. The summed E-state index contributed by atoms with van der Waals surface area (Å²) in [6.45, 7) is 0.945. The fourth-order valence-corrected chi connectivity index (χ4v) is 2.14. The normalized spacial score (nSPS) is 16.2. The first-order chi connectivity index (χ1) is 7.75. The lowest BCUT2D eigenvalue weighted by molar-refractivity contribution is 0.577. The minimum atomic E-state index is 0.311. The number of thiocarbonyl (C=S) groups is 1. The van der Waals surface area contributed by atoms with Crippen LogP contribution in [0.3, 0.4) is 0 Å². The molecule has 0 bridgehead atoms. The van der Waals surface area contributed by atoms with Gasteiger partial charge < -0.3 is 11.1 Å². The Balaban J connectivity index is 1.93. The van der Waals surface area contributed by atoms with Crippen molar-refractivity contribution in [3.05, 3.63) is 18.0 Å².